The predicted molar refractivity (Wildman–Crippen MR) is 101 cm³/mol. The van der Waals surface area contributed by atoms with Crippen molar-refractivity contribution in [1.29, 1.82) is 0 Å². The second-order valence-electron chi connectivity index (χ2n) is 5.44. The molecule has 22 heavy (non-hydrogen) atoms. The minimum absolute atomic E-state index is 0. The molecule has 0 heterocycles. The van der Waals surface area contributed by atoms with Gasteiger partial charge >= 0.3 is 131 Å². The molecule has 0 radical (unpaired) electrons. The maximum absolute atomic E-state index is 7.50. The van der Waals surface area contributed by atoms with Crippen LogP contribution in [0.25, 0.3) is 0 Å². The molecular weight excluding hydrogens is 311 g/mol. The Balaban J connectivity index is 0.00000176. The van der Waals surface area contributed by atoms with Crippen molar-refractivity contribution in [3.8, 4) is 0 Å². The zero-order chi connectivity index (χ0) is 14.8. The number of halogens is 1. The number of hydrogen-bond donors (Lipinski definition) is 0. The average Bonchev–Trinajstić information content (AvgIpc) is 2.57. The second-order valence-corrected chi connectivity index (χ2v) is 12.4. The van der Waals surface area contributed by atoms with Gasteiger partial charge in [-0.25, -0.2) is 0 Å². The Labute approximate surface area is 136 Å². The first-order valence-electron chi connectivity index (χ1n) is 7.02. The topological polar surface area (TPSA) is 31.5 Å². The summed E-state index contributed by atoms with van der Waals surface area (Å²) in [6.45, 7) is 2.22. The third-order valence-electron chi connectivity index (χ3n) is 4.11. The molecule has 0 spiro atoms. The van der Waals surface area contributed by atoms with Crippen LogP contribution in [0.15, 0.2) is 91.0 Å². The minimum Gasteiger partial charge on any atom is -0.412 e. The standard InChI is InChI=1S/C19H18ClP.H2O/c1-21(20,17-11-5-2-6-12-17,18-13-7-3-8-14-18)19-15-9-4-10-16-19;/h2-16H,1H3;1H2. The third kappa shape index (κ3) is 2.57. The van der Waals surface area contributed by atoms with Gasteiger partial charge in [-0.05, 0) is 0 Å². The van der Waals surface area contributed by atoms with Gasteiger partial charge in [-0.1, -0.05) is 0 Å². The van der Waals surface area contributed by atoms with Crippen molar-refractivity contribution in [3.05, 3.63) is 91.0 Å². The molecule has 0 aliphatic rings. The van der Waals surface area contributed by atoms with Crippen LogP contribution in [-0.2, 0) is 0 Å². The minimum atomic E-state index is -2.90. The SMILES string of the molecule is CP(Cl)(c1ccccc1)(c1ccccc1)c1ccccc1.O. The Morgan fingerprint density at radius 1 is 0.545 bits per heavy atom. The molecule has 0 aliphatic carbocycles. The van der Waals surface area contributed by atoms with Crippen LogP contribution in [0.1, 0.15) is 0 Å². The van der Waals surface area contributed by atoms with Crippen molar-refractivity contribution in [3.63, 3.8) is 0 Å². The first-order chi connectivity index (χ1) is 10.1. The molecular formula is C19H20ClOP. The summed E-state index contributed by atoms with van der Waals surface area (Å²) < 4.78 is 0. The van der Waals surface area contributed by atoms with Crippen LogP contribution < -0.4 is 15.9 Å². The Morgan fingerprint density at radius 3 is 1.00 bits per heavy atom. The molecule has 0 bridgehead atoms. The number of rotatable bonds is 3. The maximum Gasteiger partial charge on any atom is -0.412 e. The molecule has 114 valence electrons. The molecule has 3 aromatic rings. The van der Waals surface area contributed by atoms with Gasteiger partial charge in [0.1, 0.15) is 0 Å². The van der Waals surface area contributed by atoms with Crippen molar-refractivity contribution < 1.29 is 5.48 Å². The molecule has 0 atom stereocenters. The molecule has 1 nitrogen and oxygen atoms in total. The van der Waals surface area contributed by atoms with Crippen LogP contribution in [0, 0.1) is 0 Å². The average molecular weight is 331 g/mol. The van der Waals surface area contributed by atoms with Gasteiger partial charge < -0.3 is 5.48 Å². The first-order valence-corrected chi connectivity index (χ1v) is 10.6. The molecule has 0 unspecified atom stereocenters. The van der Waals surface area contributed by atoms with E-state index in [0.717, 1.165) is 0 Å². The quantitative estimate of drug-likeness (QED) is 0.659. The molecule has 3 aromatic carbocycles. The Bertz CT molecular complexity index is 624. The molecule has 3 rings (SSSR count). The van der Waals surface area contributed by atoms with E-state index in [-0.39, 0.29) is 5.48 Å². The molecule has 0 saturated carbocycles. The molecule has 0 fully saturated rings. The summed E-state index contributed by atoms with van der Waals surface area (Å²) in [6, 6.07) is 31.4. The van der Waals surface area contributed by atoms with Gasteiger partial charge in [0.15, 0.2) is 0 Å². The summed E-state index contributed by atoms with van der Waals surface area (Å²) in [6.07, 6.45) is 0. The van der Waals surface area contributed by atoms with Gasteiger partial charge in [0, 0.05) is 0 Å². The zero-order valence-corrected chi connectivity index (χ0v) is 14.1. The van der Waals surface area contributed by atoms with Crippen LogP contribution in [0.2, 0.25) is 0 Å². The van der Waals surface area contributed by atoms with E-state index in [2.05, 4.69) is 79.5 Å². The molecule has 0 saturated heterocycles. The van der Waals surface area contributed by atoms with Crippen molar-refractivity contribution >= 4 is 33.1 Å². The van der Waals surface area contributed by atoms with Crippen LogP contribution in [0.3, 0.4) is 0 Å². The van der Waals surface area contributed by atoms with E-state index < -0.39 is 5.96 Å². The fraction of sp³-hybridized carbons (Fsp3) is 0.0526. The summed E-state index contributed by atoms with van der Waals surface area (Å²) in [4.78, 5) is 0. The van der Waals surface area contributed by atoms with Gasteiger partial charge in [-0.3, -0.25) is 0 Å². The summed E-state index contributed by atoms with van der Waals surface area (Å²) >= 11 is 7.50. The monoisotopic (exact) mass is 330 g/mol. The first kappa shape index (κ1) is 16.7. The number of hydrogen-bond acceptors (Lipinski definition) is 0. The molecule has 0 amide bonds. The maximum atomic E-state index is 7.50. The summed E-state index contributed by atoms with van der Waals surface area (Å²) in [5.41, 5.74) is 0. The van der Waals surface area contributed by atoms with Crippen molar-refractivity contribution in [1.82, 2.24) is 0 Å². The molecule has 0 aliphatic heterocycles. The summed E-state index contributed by atoms with van der Waals surface area (Å²) in [5.74, 6) is -2.90. The van der Waals surface area contributed by atoms with E-state index in [4.69, 9.17) is 11.2 Å². The van der Waals surface area contributed by atoms with Crippen LogP contribution in [0.5, 0.6) is 0 Å². The fourth-order valence-corrected chi connectivity index (χ4v) is 7.35. The number of benzene rings is 3. The third-order valence-corrected chi connectivity index (χ3v) is 10.4. The summed E-state index contributed by atoms with van der Waals surface area (Å²) in [7, 11) is 0. The van der Waals surface area contributed by atoms with Crippen molar-refractivity contribution in [2.24, 2.45) is 0 Å². The Hall–Kier alpha value is -1.66. The van der Waals surface area contributed by atoms with Crippen molar-refractivity contribution in [2.75, 3.05) is 6.66 Å². The molecule has 2 N–H and O–H groups in total. The Morgan fingerprint density at radius 2 is 0.773 bits per heavy atom. The van der Waals surface area contributed by atoms with E-state index in [0.29, 0.717) is 0 Å². The van der Waals surface area contributed by atoms with Crippen LogP contribution in [-0.4, -0.2) is 12.1 Å². The smallest absolute Gasteiger partial charge is 0.412 e. The normalized spacial score (nSPS) is 12.7. The molecule has 0 aromatic heterocycles. The van der Waals surface area contributed by atoms with Crippen LogP contribution in [0.4, 0.5) is 0 Å². The fourth-order valence-electron chi connectivity index (χ4n) is 2.79. The van der Waals surface area contributed by atoms with Crippen molar-refractivity contribution in [2.45, 2.75) is 0 Å². The molecule has 3 heteroatoms. The van der Waals surface area contributed by atoms with E-state index in [9.17, 15) is 0 Å². The Kier molecular flexibility index (Phi) is 4.72. The van der Waals surface area contributed by atoms with Gasteiger partial charge in [0.05, 0.1) is 0 Å². The van der Waals surface area contributed by atoms with E-state index in [1.54, 1.807) is 0 Å². The van der Waals surface area contributed by atoms with Gasteiger partial charge in [-0.2, -0.15) is 0 Å². The van der Waals surface area contributed by atoms with E-state index in [1.807, 2.05) is 18.2 Å². The second kappa shape index (κ2) is 6.22. The van der Waals surface area contributed by atoms with Crippen LogP contribution >= 0.6 is 17.2 Å². The predicted octanol–water partition coefficient (Wildman–Crippen LogP) is 3.48. The largest absolute Gasteiger partial charge is 0.412 e. The van der Waals surface area contributed by atoms with E-state index >= 15 is 0 Å². The van der Waals surface area contributed by atoms with Gasteiger partial charge in [-0.15, -0.1) is 0 Å². The van der Waals surface area contributed by atoms with E-state index in [1.165, 1.54) is 15.9 Å². The van der Waals surface area contributed by atoms with Gasteiger partial charge in [0.25, 0.3) is 0 Å². The zero-order valence-electron chi connectivity index (χ0n) is 12.5. The van der Waals surface area contributed by atoms with Gasteiger partial charge in [0.2, 0.25) is 0 Å². The summed E-state index contributed by atoms with van der Waals surface area (Å²) in [5, 5.41) is 3.59.